The van der Waals surface area contributed by atoms with Crippen LogP contribution in [0.15, 0.2) is 12.1 Å². The predicted octanol–water partition coefficient (Wildman–Crippen LogP) is 1.05. The van der Waals surface area contributed by atoms with E-state index in [0.717, 1.165) is 29.8 Å². The molecule has 0 aliphatic carbocycles. The van der Waals surface area contributed by atoms with E-state index in [-0.39, 0.29) is 17.9 Å². The number of benzene rings is 1. The molecule has 0 atom stereocenters. The van der Waals surface area contributed by atoms with Gasteiger partial charge in [-0.3, -0.25) is 9.59 Å². The normalized spacial score (nSPS) is 18.6. The Kier molecular flexibility index (Phi) is 3.86. The number of anilines is 1. The fourth-order valence-electron chi connectivity index (χ4n) is 3.90. The van der Waals surface area contributed by atoms with Gasteiger partial charge >= 0.3 is 6.09 Å². The summed E-state index contributed by atoms with van der Waals surface area (Å²) in [6.07, 6.45) is 0.880. The van der Waals surface area contributed by atoms with Crippen molar-refractivity contribution in [2.45, 2.75) is 19.8 Å². The summed E-state index contributed by atoms with van der Waals surface area (Å²) in [5.74, 6) is 0.0988. The molecule has 1 saturated heterocycles. The molecule has 3 amide bonds. The molecular formula is C18H21N3O4. The van der Waals surface area contributed by atoms with Gasteiger partial charge in [0.2, 0.25) is 5.91 Å². The fraction of sp³-hybridized carbons (Fsp3) is 0.500. The predicted molar refractivity (Wildman–Crippen MR) is 90.7 cm³/mol. The number of ether oxygens (including phenoxy) is 1. The molecule has 25 heavy (non-hydrogen) atoms. The van der Waals surface area contributed by atoms with Crippen LogP contribution in [0.4, 0.5) is 10.5 Å². The molecule has 7 nitrogen and oxygen atoms in total. The van der Waals surface area contributed by atoms with Gasteiger partial charge in [-0.15, -0.1) is 0 Å². The lowest BCUT2D eigenvalue weighted by Crippen LogP contribution is -2.50. The maximum atomic E-state index is 12.9. The van der Waals surface area contributed by atoms with Gasteiger partial charge in [0.05, 0.1) is 18.7 Å². The van der Waals surface area contributed by atoms with Gasteiger partial charge in [0.1, 0.15) is 0 Å². The monoisotopic (exact) mass is 343 g/mol. The molecule has 0 unspecified atom stereocenters. The molecule has 1 aromatic carbocycles. The van der Waals surface area contributed by atoms with E-state index >= 15 is 0 Å². The second-order valence-electron chi connectivity index (χ2n) is 6.59. The van der Waals surface area contributed by atoms with Crippen LogP contribution in [0, 0.1) is 0 Å². The van der Waals surface area contributed by atoms with Crippen LogP contribution in [-0.2, 0) is 22.4 Å². The Morgan fingerprint density at radius 1 is 1.04 bits per heavy atom. The summed E-state index contributed by atoms with van der Waals surface area (Å²) < 4.78 is 5.00. The highest BCUT2D eigenvalue weighted by atomic mass is 16.6. The van der Waals surface area contributed by atoms with Crippen molar-refractivity contribution in [3.8, 4) is 0 Å². The molecule has 4 rings (SSSR count). The zero-order valence-corrected chi connectivity index (χ0v) is 14.3. The highest BCUT2D eigenvalue weighted by Gasteiger charge is 2.35. The maximum Gasteiger partial charge on any atom is 0.409 e. The van der Waals surface area contributed by atoms with Crippen LogP contribution in [-0.4, -0.2) is 67.0 Å². The molecule has 1 aromatic rings. The molecule has 132 valence electrons. The van der Waals surface area contributed by atoms with Crippen molar-refractivity contribution in [1.29, 1.82) is 0 Å². The van der Waals surface area contributed by atoms with Gasteiger partial charge in [0.25, 0.3) is 5.91 Å². The standard InChI is InChI=1S/C18H21N3O4/c1-2-25-18(24)20-7-5-19(6-8-20)17(23)14-9-12-3-4-21-15(22)11-13(10-14)16(12)21/h9-10H,2-8,11H2,1H3. The molecule has 0 spiro atoms. The summed E-state index contributed by atoms with van der Waals surface area (Å²) in [6, 6.07) is 3.79. The van der Waals surface area contributed by atoms with Crippen LogP contribution in [0.5, 0.6) is 0 Å². The smallest absolute Gasteiger partial charge is 0.409 e. The van der Waals surface area contributed by atoms with Crippen LogP contribution in [0.1, 0.15) is 28.4 Å². The summed E-state index contributed by atoms with van der Waals surface area (Å²) in [5.41, 5.74) is 3.73. The molecule has 0 radical (unpaired) electrons. The van der Waals surface area contributed by atoms with E-state index in [2.05, 4.69) is 0 Å². The van der Waals surface area contributed by atoms with Crippen LogP contribution < -0.4 is 4.90 Å². The van der Waals surface area contributed by atoms with Crippen LogP contribution >= 0.6 is 0 Å². The quantitative estimate of drug-likeness (QED) is 0.805. The van der Waals surface area contributed by atoms with Crippen molar-refractivity contribution >= 4 is 23.6 Å². The molecule has 0 saturated carbocycles. The third-order valence-electron chi connectivity index (χ3n) is 5.13. The highest BCUT2D eigenvalue weighted by molar-refractivity contribution is 6.05. The van der Waals surface area contributed by atoms with Gasteiger partial charge in [-0.1, -0.05) is 0 Å². The molecule has 0 bridgehead atoms. The Morgan fingerprint density at radius 2 is 1.72 bits per heavy atom. The molecular weight excluding hydrogens is 322 g/mol. The average molecular weight is 343 g/mol. The number of carbonyl (C=O) groups excluding carboxylic acids is 3. The first-order chi connectivity index (χ1) is 12.1. The van der Waals surface area contributed by atoms with E-state index < -0.39 is 0 Å². The van der Waals surface area contributed by atoms with Crippen molar-refractivity contribution in [3.63, 3.8) is 0 Å². The lowest BCUT2D eigenvalue weighted by atomic mass is 10.0. The number of hydrogen-bond acceptors (Lipinski definition) is 4. The summed E-state index contributed by atoms with van der Waals surface area (Å²) in [6.45, 7) is 4.80. The largest absolute Gasteiger partial charge is 0.450 e. The number of hydrogen-bond donors (Lipinski definition) is 0. The first kappa shape index (κ1) is 15.9. The number of rotatable bonds is 2. The number of carbonyl (C=O) groups is 3. The number of nitrogens with zero attached hydrogens (tertiary/aromatic N) is 3. The molecule has 3 aliphatic rings. The molecule has 3 heterocycles. The van der Waals surface area contributed by atoms with Gasteiger partial charge < -0.3 is 19.4 Å². The third-order valence-corrected chi connectivity index (χ3v) is 5.13. The van der Waals surface area contributed by atoms with E-state index in [9.17, 15) is 14.4 Å². The zero-order chi connectivity index (χ0) is 17.6. The second-order valence-corrected chi connectivity index (χ2v) is 6.59. The Hall–Kier alpha value is -2.57. The van der Waals surface area contributed by atoms with E-state index in [0.29, 0.717) is 44.8 Å². The Labute approximate surface area is 146 Å². The Balaban J connectivity index is 1.48. The van der Waals surface area contributed by atoms with Crippen molar-refractivity contribution < 1.29 is 19.1 Å². The van der Waals surface area contributed by atoms with Gasteiger partial charge in [-0.2, -0.15) is 0 Å². The first-order valence-electron chi connectivity index (χ1n) is 8.75. The Morgan fingerprint density at radius 3 is 2.44 bits per heavy atom. The van der Waals surface area contributed by atoms with Crippen LogP contribution in [0.2, 0.25) is 0 Å². The third kappa shape index (κ3) is 2.63. The van der Waals surface area contributed by atoms with Crippen molar-refractivity contribution in [2.24, 2.45) is 0 Å². The minimum absolute atomic E-state index is 0.0274. The molecule has 0 N–H and O–H groups in total. The summed E-state index contributed by atoms with van der Waals surface area (Å²) in [4.78, 5) is 41.9. The lowest BCUT2D eigenvalue weighted by Gasteiger charge is -2.34. The van der Waals surface area contributed by atoms with Crippen LogP contribution in [0.25, 0.3) is 0 Å². The summed E-state index contributed by atoms with van der Waals surface area (Å²) in [7, 11) is 0. The highest BCUT2D eigenvalue weighted by Crippen LogP contribution is 2.38. The second kappa shape index (κ2) is 6.06. The van der Waals surface area contributed by atoms with Gasteiger partial charge in [0.15, 0.2) is 0 Å². The van der Waals surface area contributed by atoms with Crippen molar-refractivity contribution in [2.75, 3.05) is 44.2 Å². The van der Waals surface area contributed by atoms with E-state index in [1.54, 1.807) is 16.7 Å². The zero-order valence-electron chi connectivity index (χ0n) is 14.3. The molecule has 0 aromatic heterocycles. The minimum atomic E-state index is -0.320. The molecule has 3 aliphatic heterocycles. The first-order valence-corrected chi connectivity index (χ1v) is 8.75. The summed E-state index contributed by atoms with van der Waals surface area (Å²) >= 11 is 0. The van der Waals surface area contributed by atoms with Gasteiger partial charge in [0, 0.05) is 38.3 Å². The molecule has 1 fully saturated rings. The van der Waals surface area contributed by atoms with E-state index in [1.165, 1.54) is 0 Å². The van der Waals surface area contributed by atoms with E-state index in [4.69, 9.17) is 4.74 Å². The minimum Gasteiger partial charge on any atom is -0.450 e. The van der Waals surface area contributed by atoms with Gasteiger partial charge in [-0.05, 0) is 36.6 Å². The van der Waals surface area contributed by atoms with Crippen LogP contribution in [0.3, 0.4) is 0 Å². The SMILES string of the molecule is CCOC(=O)N1CCN(C(=O)c2cc3c4c(c2)CC(=O)N4CC3)CC1. The van der Waals surface area contributed by atoms with Gasteiger partial charge in [-0.25, -0.2) is 4.79 Å². The van der Waals surface area contributed by atoms with Crippen molar-refractivity contribution in [1.82, 2.24) is 9.80 Å². The number of amides is 3. The average Bonchev–Trinajstić information content (AvgIpc) is 3.19. The maximum absolute atomic E-state index is 12.9. The Bertz CT molecular complexity index is 753. The topological polar surface area (TPSA) is 70.2 Å². The van der Waals surface area contributed by atoms with Crippen molar-refractivity contribution in [3.05, 3.63) is 28.8 Å². The fourth-order valence-corrected chi connectivity index (χ4v) is 3.90. The lowest BCUT2D eigenvalue weighted by molar-refractivity contribution is -0.117. The van der Waals surface area contributed by atoms with E-state index in [1.807, 2.05) is 17.0 Å². The summed E-state index contributed by atoms with van der Waals surface area (Å²) in [5, 5.41) is 0. The molecule has 7 heteroatoms. The number of piperazine rings is 1.